The summed E-state index contributed by atoms with van der Waals surface area (Å²) in [5.41, 5.74) is 0.633. The normalized spacial score (nSPS) is 16.1. The Balaban J connectivity index is 2.07. The van der Waals surface area contributed by atoms with Crippen molar-refractivity contribution in [2.45, 2.75) is 38.6 Å². The molecule has 0 bridgehead atoms. The third kappa shape index (κ3) is 1.79. The van der Waals surface area contributed by atoms with Crippen LogP contribution in [0, 0.1) is 0 Å². The predicted molar refractivity (Wildman–Crippen MR) is 49.7 cm³/mol. The van der Waals surface area contributed by atoms with E-state index in [1.807, 2.05) is 13.1 Å². The molecule has 2 rings (SSSR count). The number of Topliss-reactive ketones (excluding diaryl/α,β-unsaturated/α-hetero) is 1. The van der Waals surface area contributed by atoms with Gasteiger partial charge >= 0.3 is 0 Å². The molecule has 70 valence electrons. The van der Waals surface area contributed by atoms with E-state index in [0.29, 0.717) is 18.2 Å². The van der Waals surface area contributed by atoms with Crippen molar-refractivity contribution in [1.82, 2.24) is 9.55 Å². The first-order chi connectivity index (χ1) is 6.31. The number of rotatable bonds is 4. The van der Waals surface area contributed by atoms with E-state index in [2.05, 4.69) is 9.55 Å². The smallest absolute Gasteiger partial charge is 0.182 e. The monoisotopic (exact) mass is 178 g/mol. The molecule has 1 aliphatic carbocycles. The van der Waals surface area contributed by atoms with Crippen LogP contribution in [-0.2, 0) is 0 Å². The fourth-order valence-electron chi connectivity index (χ4n) is 1.41. The second-order valence-corrected chi connectivity index (χ2v) is 3.61. The molecular weight excluding hydrogens is 164 g/mol. The summed E-state index contributed by atoms with van der Waals surface area (Å²) < 4.78 is 2.06. The summed E-state index contributed by atoms with van der Waals surface area (Å²) in [6, 6.07) is 0.621. The van der Waals surface area contributed by atoms with E-state index in [0.717, 1.165) is 6.42 Å². The lowest BCUT2D eigenvalue weighted by molar-refractivity contribution is 0.0977. The standard InChI is InChI=1S/C10H14N2O/c1-2-3-10(13)9-6-12(7-11-9)8-4-5-8/h6-8H,2-5H2,1H3. The summed E-state index contributed by atoms with van der Waals surface area (Å²) in [4.78, 5) is 15.5. The number of hydrogen-bond acceptors (Lipinski definition) is 2. The van der Waals surface area contributed by atoms with Gasteiger partial charge in [-0.25, -0.2) is 4.98 Å². The molecule has 1 aromatic heterocycles. The molecule has 1 fully saturated rings. The van der Waals surface area contributed by atoms with Gasteiger partial charge in [-0.15, -0.1) is 0 Å². The first kappa shape index (κ1) is 8.48. The van der Waals surface area contributed by atoms with Crippen LogP contribution < -0.4 is 0 Å². The van der Waals surface area contributed by atoms with Crippen LogP contribution in [0.3, 0.4) is 0 Å². The summed E-state index contributed by atoms with van der Waals surface area (Å²) in [5, 5.41) is 0. The number of nitrogens with zero attached hydrogens (tertiary/aromatic N) is 2. The van der Waals surface area contributed by atoms with Crippen molar-refractivity contribution in [2.24, 2.45) is 0 Å². The number of hydrogen-bond donors (Lipinski definition) is 0. The molecule has 0 unspecified atom stereocenters. The summed E-state index contributed by atoms with van der Waals surface area (Å²) in [6.07, 6.45) is 7.64. The van der Waals surface area contributed by atoms with Crippen molar-refractivity contribution in [3.63, 3.8) is 0 Å². The van der Waals surface area contributed by atoms with Gasteiger partial charge in [-0.2, -0.15) is 0 Å². The lowest BCUT2D eigenvalue weighted by Crippen LogP contribution is -1.98. The maximum Gasteiger partial charge on any atom is 0.182 e. The van der Waals surface area contributed by atoms with E-state index < -0.39 is 0 Å². The van der Waals surface area contributed by atoms with Crippen molar-refractivity contribution < 1.29 is 4.79 Å². The molecule has 0 aliphatic heterocycles. The summed E-state index contributed by atoms with van der Waals surface area (Å²) >= 11 is 0. The number of carbonyl (C=O) groups excluding carboxylic acids is 1. The highest BCUT2D eigenvalue weighted by Crippen LogP contribution is 2.34. The highest BCUT2D eigenvalue weighted by Gasteiger charge is 2.23. The zero-order valence-corrected chi connectivity index (χ0v) is 7.86. The molecule has 0 aromatic carbocycles. The zero-order valence-electron chi connectivity index (χ0n) is 7.86. The van der Waals surface area contributed by atoms with Crippen LogP contribution in [-0.4, -0.2) is 15.3 Å². The predicted octanol–water partition coefficient (Wildman–Crippen LogP) is 2.20. The Labute approximate surface area is 77.8 Å². The van der Waals surface area contributed by atoms with E-state index in [9.17, 15) is 4.79 Å². The van der Waals surface area contributed by atoms with E-state index in [-0.39, 0.29) is 5.78 Å². The van der Waals surface area contributed by atoms with Gasteiger partial charge in [0.15, 0.2) is 5.78 Å². The molecular formula is C10H14N2O. The highest BCUT2D eigenvalue weighted by atomic mass is 16.1. The lowest BCUT2D eigenvalue weighted by atomic mass is 10.2. The van der Waals surface area contributed by atoms with Crippen LogP contribution in [0.5, 0.6) is 0 Å². The van der Waals surface area contributed by atoms with Crippen molar-refractivity contribution in [3.05, 3.63) is 18.2 Å². The fourth-order valence-corrected chi connectivity index (χ4v) is 1.41. The quantitative estimate of drug-likeness (QED) is 0.662. The van der Waals surface area contributed by atoms with Gasteiger partial charge < -0.3 is 4.57 Å². The number of aromatic nitrogens is 2. The average Bonchev–Trinajstić information content (AvgIpc) is 2.84. The van der Waals surface area contributed by atoms with E-state index >= 15 is 0 Å². The van der Waals surface area contributed by atoms with Gasteiger partial charge in [0, 0.05) is 18.7 Å². The second-order valence-electron chi connectivity index (χ2n) is 3.61. The van der Waals surface area contributed by atoms with Crippen LogP contribution in [0.25, 0.3) is 0 Å². The second kappa shape index (κ2) is 3.32. The Morgan fingerprint density at radius 1 is 1.69 bits per heavy atom. The van der Waals surface area contributed by atoms with Crippen LogP contribution in [0.1, 0.15) is 49.1 Å². The Hall–Kier alpha value is -1.12. The van der Waals surface area contributed by atoms with E-state index in [1.54, 1.807) is 6.33 Å². The maximum atomic E-state index is 11.4. The van der Waals surface area contributed by atoms with Gasteiger partial charge in [-0.1, -0.05) is 6.92 Å². The van der Waals surface area contributed by atoms with Crippen LogP contribution in [0.4, 0.5) is 0 Å². The van der Waals surface area contributed by atoms with E-state index in [4.69, 9.17) is 0 Å². The van der Waals surface area contributed by atoms with Crippen LogP contribution in [0.15, 0.2) is 12.5 Å². The van der Waals surface area contributed by atoms with Crippen LogP contribution >= 0.6 is 0 Å². The van der Waals surface area contributed by atoms with Crippen molar-refractivity contribution >= 4 is 5.78 Å². The Morgan fingerprint density at radius 2 is 2.46 bits per heavy atom. The van der Waals surface area contributed by atoms with Crippen molar-refractivity contribution in [2.75, 3.05) is 0 Å². The molecule has 0 radical (unpaired) electrons. The first-order valence-corrected chi connectivity index (χ1v) is 4.88. The molecule has 0 spiro atoms. The summed E-state index contributed by atoms with van der Waals surface area (Å²) in [5.74, 6) is 0.168. The molecule has 0 atom stereocenters. The topological polar surface area (TPSA) is 34.9 Å². The van der Waals surface area contributed by atoms with E-state index in [1.165, 1.54) is 12.8 Å². The third-order valence-electron chi connectivity index (χ3n) is 2.33. The third-order valence-corrected chi connectivity index (χ3v) is 2.33. The minimum absolute atomic E-state index is 0.168. The molecule has 0 saturated heterocycles. The van der Waals surface area contributed by atoms with Gasteiger partial charge in [-0.3, -0.25) is 4.79 Å². The Kier molecular flexibility index (Phi) is 2.17. The molecule has 1 aliphatic rings. The van der Waals surface area contributed by atoms with Crippen LogP contribution in [0.2, 0.25) is 0 Å². The van der Waals surface area contributed by atoms with Crippen molar-refractivity contribution in [3.8, 4) is 0 Å². The molecule has 0 N–H and O–H groups in total. The molecule has 1 aromatic rings. The molecule has 13 heavy (non-hydrogen) atoms. The molecule has 3 heteroatoms. The number of imidazole rings is 1. The fraction of sp³-hybridized carbons (Fsp3) is 0.600. The molecule has 3 nitrogen and oxygen atoms in total. The minimum Gasteiger partial charge on any atom is -0.334 e. The summed E-state index contributed by atoms with van der Waals surface area (Å²) in [6.45, 7) is 2.01. The Morgan fingerprint density at radius 3 is 3.08 bits per heavy atom. The van der Waals surface area contributed by atoms with Gasteiger partial charge in [0.25, 0.3) is 0 Å². The Bertz CT molecular complexity index is 312. The highest BCUT2D eigenvalue weighted by molar-refractivity contribution is 5.93. The van der Waals surface area contributed by atoms with Gasteiger partial charge in [0.1, 0.15) is 5.69 Å². The van der Waals surface area contributed by atoms with Crippen molar-refractivity contribution in [1.29, 1.82) is 0 Å². The molecule has 0 amide bonds. The van der Waals surface area contributed by atoms with Gasteiger partial charge in [-0.05, 0) is 19.3 Å². The lowest BCUT2D eigenvalue weighted by Gasteiger charge is -1.94. The largest absolute Gasteiger partial charge is 0.334 e. The zero-order chi connectivity index (χ0) is 9.26. The van der Waals surface area contributed by atoms with Gasteiger partial charge in [0.05, 0.1) is 6.33 Å². The number of carbonyl (C=O) groups is 1. The minimum atomic E-state index is 0.168. The average molecular weight is 178 g/mol. The maximum absolute atomic E-state index is 11.4. The number of ketones is 1. The molecule has 1 heterocycles. The summed E-state index contributed by atoms with van der Waals surface area (Å²) in [7, 11) is 0. The van der Waals surface area contributed by atoms with Gasteiger partial charge in [0.2, 0.25) is 0 Å². The SMILES string of the molecule is CCCC(=O)c1cn(C2CC2)cn1. The molecule has 1 saturated carbocycles. The first-order valence-electron chi connectivity index (χ1n) is 4.88.